The number of benzene rings is 2. The molecule has 1 nitrogen and oxygen atoms in total. The van der Waals surface area contributed by atoms with Gasteiger partial charge in [0.1, 0.15) is 5.82 Å². The lowest BCUT2D eigenvalue weighted by atomic mass is 9.88. The van der Waals surface area contributed by atoms with Gasteiger partial charge < -0.3 is 0 Å². The van der Waals surface area contributed by atoms with Crippen molar-refractivity contribution in [1.29, 1.82) is 0 Å². The maximum Gasteiger partial charge on any atom is 0.123 e. The Morgan fingerprint density at radius 1 is 1.12 bits per heavy atom. The summed E-state index contributed by atoms with van der Waals surface area (Å²) in [6.07, 6.45) is 4.72. The molecule has 3 heteroatoms. The third kappa shape index (κ3) is 3.68. The second-order valence-electron chi connectivity index (χ2n) is 6.69. The fourth-order valence-corrected chi connectivity index (χ4v) is 4.84. The molecule has 3 rings (SSSR count). The number of rotatable bonds is 5. The number of nitrogens with one attached hydrogen (secondary N) is 1. The zero-order valence-corrected chi connectivity index (χ0v) is 15.3. The summed E-state index contributed by atoms with van der Waals surface area (Å²) >= 11 is 1.96. The van der Waals surface area contributed by atoms with Gasteiger partial charge in [0.15, 0.2) is 0 Å². The molecular formula is C21H26FNS. The lowest BCUT2D eigenvalue weighted by Gasteiger charge is -2.36. The SMILES string of the molecule is CCCC[C@]1(CC)CSc2ccccc2[C@@H](c2ccc(F)cc2)N1. The summed E-state index contributed by atoms with van der Waals surface area (Å²) in [6, 6.07) is 15.7. The van der Waals surface area contributed by atoms with Crippen LogP contribution in [-0.4, -0.2) is 11.3 Å². The molecule has 2 atom stereocenters. The van der Waals surface area contributed by atoms with Gasteiger partial charge in [-0.25, -0.2) is 4.39 Å². The topological polar surface area (TPSA) is 12.0 Å². The van der Waals surface area contributed by atoms with Crippen LogP contribution in [0.1, 0.15) is 56.7 Å². The molecule has 0 fully saturated rings. The Morgan fingerprint density at radius 2 is 1.88 bits per heavy atom. The second-order valence-corrected chi connectivity index (χ2v) is 7.71. The van der Waals surface area contributed by atoms with Crippen LogP contribution in [0.25, 0.3) is 0 Å². The molecule has 0 saturated carbocycles. The van der Waals surface area contributed by atoms with Crippen molar-refractivity contribution in [1.82, 2.24) is 5.32 Å². The zero-order chi connectivity index (χ0) is 17.0. The van der Waals surface area contributed by atoms with Gasteiger partial charge in [-0.2, -0.15) is 0 Å². The minimum atomic E-state index is -0.178. The number of halogens is 1. The summed E-state index contributed by atoms with van der Waals surface area (Å²) < 4.78 is 13.4. The van der Waals surface area contributed by atoms with Crippen molar-refractivity contribution in [3.8, 4) is 0 Å². The highest BCUT2D eigenvalue weighted by Gasteiger charge is 2.35. The van der Waals surface area contributed by atoms with Gasteiger partial charge in [-0.05, 0) is 42.2 Å². The van der Waals surface area contributed by atoms with Crippen LogP contribution in [0.5, 0.6) is 0 Å². The molecule has 1 N–H and O–H groups in total. The number of thioether (sulfide) groups is 1. The molecule has 0 aliphatic carbocycles. The van der Waals surface area contributed by atoms with Crippen molar-refractivity contribution >= 4 is 11.8 Å². The standard InChI is InChI=1S/C21H26FNS/c1-3-5-14-21(4-2)15-24-19-9-7-6-8-18(19)20(23-21)16-10-12-17(22)13-11-16/h6-13,20,23H,3-5,14-15H2,1-2H3/t20-,21-/m1/s1. The minimum Gasteiger partial charge on any atom is -0.300 e. The molecule has 24 heavy (non-hydrogen) atoms. The van der Waals surface area contributed by atoms with E-state index in [2.05, 4.69) is 43.4 Å². The first kappa shape index (κ1) is 17.5. The number of hydrogen-bond acceptors (Lipinski definition) is 2. The van der Waals surface area contributed by atoms with Crippen molar-refractivity contribution in [2.45, 2.75) is 56.0 Å². The first-order chi connectivity index (χ1) is 11.7. The Balaban J connectivity index is 2.02. The first-order valence-corrected chi connectivity index (χ1v) is 9.91. The molecular weight excluding hydrogens is 317 g/mol. The van der Waals surface area contributed by atoms with E-state index in [0.717, 1.165) is 17.7 Å². The Hall–Kier alpha value is -1.32. The van der Waals surface area contributed by atoms with Crippen LogP contribution in [0.3, 0.4) is 0 Å². The highest BCUT2D eigenvalue weighted by atomic mass is 32.2. The third-order valence-corrected chi connectivity index (χ3v) is 6.45. The van der Waals surface area contributed by atoms with Crippen LogP contribution in [0.15, 0.2) is 53.4 Å². The van der Waals surface area contributed by atoms with Gasteiger partial charge >= 0.3 is 0 Å². The molecule has 0 radical (unpaired) electrons. The fraction of sp³-hybridized carbons (Fsp3) is 0.429. The van der Waals surface area contributed by atoms with E-state index in [1.165, 1.54) is 29.7 Å². The summed E-state index contributed by atoms with van der Waals surface area (Å²) in [5.41, 5.74) is 2.57. The van der Waals surface area contributed by atoms with Gasteiger partial charge in [-0.15, -0.1) is 11.8 Å². The van der Waals surface area contributed by atoms with E-state index in [1.54, 1.807) is 12.1 Å². The first-order valence-electron chi connectivity index (χ1n) is 8.92. The van der Waals surface area contributed by atoms with E-state index in [0.29, 0.717) is 0 Å². The molecule has 0 aromatic heterocycles. The van der Waals surface area contributed by atoms with Crippen LogP contribution in [0.4, 0.5) is 4.39 Å². The Kier molecular flexibility index (Phi) is 5.62. The molecule has 128 valence electrons. The monoisotopic (exact) mass is 343 g/mol. The lowest BCUT2D eigenvalue weighted by Crippen LogP contribution is -2.48. The normalized spacial score (nSPS) is 23.5. The lowest BCUT2D eigenvalue weighted by molar-refractivity contribution is 0.298. The molecule has 1 aliphatic rings. The van der Waals surface area contributed by atoms with Crippen LogP contribution in [0.2, 0.25) is 0 Å². The second kappa shape index (κ2) is 7.71. The highest BCUT2D eigenvalue weighted by molar-refractivity contribution is 7.99. The Bertz CT molecular complexity index is 670. The van der Waals surface area contributed by atoms with E-state index in [4.69, 9.17) is 0 Å². The van der Waals surface area contributed by atoms with Crippen molar-refractivity contribution in [3.05, 3.63) is 65.5 Å². The van der Waals surface area contributed by atoms with Crippen LogP contribution in [0, 0.1) is 5.82 Å². The van der Waals surface area contributed by atoms with E-state index >= 15 is 0 Å². The summed E-state index contributed by atoms with van der Waals surface area (Å²) in [6.45, 7) is 4.53. The van der Waals surface area contributed by atoms with Crippen molar-refractivity contribution in [3.63, 3.8) is 0 Å². The highest BCUT2D eigenvalue weighted by Crippen LogP contribution is 2.40. The summed E-state index contributed by atoms with van der Waals surface area (Å²) in [5, 5.41) is 3.96. The summed E-state index contributed by atoms with van der Waals surface area (Å²) in [5.74, 6) is 0.904. The molecule has 0 unspecified atom stereocenters. The number of fused-ring (bicyclic) bond motifs is 1. The van der Waals surface area contributed by atoms with Gasteiger partial charge in [0.05, 0.1) is 6.04 Å². The molecule has 0 spiro atoms. The average Bonchev–Trinajstić information content (AvgIpc) is 2.79. The molecule has 2 aromatic carbocycles. The summed E-state index contributed by atoms with van der Waals surface area (Å²) in [4.78, 5) is 1.34. The van der Waals surface area contributed by atoms with Gasteiger partial charge in [0.25, 0.3) is 0 Å². The maximum absolute atomic E-state index is 13.4. The fourth-order valence-electron chi connectivity index (χ4n) is 3.45. The molecule has 2 aromatic rings. The predicted molar refractivity (Wildman–Crippen MR) is 101 cm³/mol. The van der Waals surface area contributed by atoms with E-state index in [-0.39, 0.29) is 17.4 Å². The van der Waals surface area contributed by atoms with Gasteiger partial charge in [0, 0.05) is 16.2 Å². The molecule has 1 aliphatic heterocycles. The molecule has 0 bridgehead atoms. The number of hydrogen-bond donors (Lipinski definition) is 1. The molecule has 0 amide bonds. The van der Waals surface area contributed by atoms with E-state index in [9.17, 15) is 4.39 Å². The quantitative estimate of drug-likeness (QED) is 0.720. The summed E-state index contributed by atoms with van der Waals surface area (Å²) in [7, 11) is 0. The van der Waals surface area contributed by atoms with E-state index in [1.807, 2.05) is 23.9 Å². The average molecular weight is 344 g/mol. The predicted octanol–water partition coefficient (Wildman–Crippen LogP) is 5.95. The van der Waals surface area contributed by atoms with Crippen molar-refractivity contribution < 1.29 is 4.39 Å². The van der Waals surface area contributed by atoms with Crippen LogP contribution in [-0.2, 0) is 0 Å². The minimum absolute atomic E-state index is 0.119. The van der Waals surface area contributed by atoms with E-state index < -0.39 is 0 Å². The van der Waals surface area contributed by atoms with Crippen molar-refractivity contribution in [2.24, 2.45) is 0 Å². The van der Waals surface area contributed by atoms with Crippen molar-refractivity contribution in [2.75, 3.05) is 5.75 Å². The Labute approximate surface area is 149 Å². The smallest absolute Gasteiger partial charge is 0.123 e. The van der Waals surface area contributed by atoms with Crippen LogP contribution >= 0.6 is 11.8 Å². The van der Waals surface area contributed by atoms with Gasteiger partial charge in [-0.1, -0.05) is 57.0 Å². The number of unbranched alkanes of at least 4 members (excludes halogenated alkanes) is 1. The zero-order valence-electron chi connectivity index (χ0n) is 14.5. The maximum atomic E-state index is 13.4. The van der Waals surface area contributed by atoms with Crippen LogP contribution < -0.4 is 5.32 Å². The Morgan fingerprint density at radius 3 is 2.58 bits per heavy atom. The van der Waals surface area contributed by atoms with Gasteiger partial charge in [0.2, 0.25) is 0 Å². The third-order valence-electron chi connectivity index (χ3n) is 5.07. The molecule has 1 heterocycles. The van der Waals surface area contributed by atoms with Gasteiger partial charge in [-0.3, -0.25) is 5.32 Å². The molecule has 0 saturated heterocycles. The largest absolute Gasteiger partial charge is 0.300 e.